The van der Waals surface area contributed by atoms with Crippen LogP contribution >= 0.6 is 11.5 Å². The summed E-state index contributed by atoms with van der Waals surface area (Å²) >= 11 is 0.880. The minimum atomic E-state index is -4.07. The maximum atomic E-state index is 13.9. The first-order chi connectivity index (χ1) is 8.79. The molecule has 0 aliphatic heterocycles. The molecule has 0 aliphatic carbocycles. The number of rotatable bonds is 3. The number of anilines is 2. The highest BCUT2D eigenvalue weighted by molar-refractivity contribution is 7.93. The van der Waals surface area contributed by atoms with Crippen LogP contribution in [-0.4, -0.2) is 17.8 Å². The number of benzene rings is 1. The molecule has 2 aromatic rings. The largest absolute Gasteiger partial charge is 0.399 e. The fourth-order valence-electron chi connectivity index (χ4n) is 1.47. The topological polar surface area (TPSA) is 98.0 Å². The Kier molecular flexibility index (Phi) is 3.42. The highest BCUT2D eigenvalue weighted by Gasteiger charge is 2.22. The molecule has 1 aromatic carbocycles. The number of nitrogens with two attached hydrogens (primary N) is 1. The van der Waals surface area contributed by atoms with Crippen LogP contribution in [0.25, 0.3) is 0 Å². The van der Waals surface area contributed by atoms with Crippen LogP contribution in [0.5, 0.6) is 0 Å². The fraction of sp³-hybridized carbons (Fsp3) is 0.200. The summed E-state index contributed by atoms with van der Waals surface area (Å²) in [5.41, 5.74) is 5.87. The number of hydrogen-bond donors (Lipinski definition) is 2. The molecular formula is C10H11FN4O2S2. The molecule has 0 amide bonds. The molecule has 0 bridgehead atoms. The predicted molar refractivity (Wildman–Crippen MR) is 71.0 cm³/mol. The minimum Gasteiger partial charge on any atom is -0.399 e. The number of sulfonamides is 1. The number of hydrogen-bond acceptors (Lipinski definition) is 6. The molecule has 0 fully saturated rings. The van der Waals surface area contributed by atoms with Gasteiger partial charge in [0.2, 0.25) is 5.13 Å². The van der Waals surface area contributed by atoms with Crippen LogP contribution in [0.3, 0.4) is 0 Å². The summed E-state index contributed by atoms with van der Waals surface area (Å²) in [6, 6.07) is 2.43. The Morgan fingerprint density at radius 1 is 1.37 bits per heavy atom. The van der Waals surface area contributed by atoms with Crippen molar-refractivity contribution in [1.29, 1.82) is 0 Å². The number of nitrogens with zero attached hydrogens (tertiary/aromatic N) is 2. The van der Waals surface area contributed by atoms with Gasteiger partial charge in [0.1, 0.15) is 16.5 Å². The van der Waals surface area contributed by atoms with Crippen LogP contribution in [0.4, 0.5) is 15.2 Å². The van der Waals surface area contributed by atoms with Crippen molar-refractivity contribution in [2.75, 3.05) is 10.5 Å². The minimum absolute atomic E-state index is 0.0805. The fourth-order valence-corrected chi connectivity index (χ4v) is 3.45. The second kappa shape index (κ2) is 4.74. The molecule has 1 heterocycles. The Bertz CT molecular complexity index is 727. The van der Waals surface area contributed by atoms with Gasteiger partial charge in [-0.2, -0.15) is 4.37 Å². The van der Waals surface area contributed by atoms with Crippen molar-refractivity contribution >= 4 is 32.4 Å². The molecule has 0 saturated carbocycles. The highest BCUT2D eigenvalue weighted by atomic mass is 32.2. The van der Waals surface area contributed by atoms with Crippen LogP contribution in [0.1, 0.15) is 11.4 Å². The normalized spacial score (nSPS) is 11.5. The van der Waals surface area contributed by atoms with E-state index < -0.39 is 20.7 Å². The molecule has 1 aromatic heterocycles. The summed E-state index contributed by atoms with van der Waals surface area (Å²) in [5, 5.41) is 0.0805. The Morgan fingerprint density at radius 2 is 2.05 bits per heavy atom. The first-order valence-corrected chi connectivity index (χ1v) is 7.44. The third-order valence-electron chi connectivity index (χ3n) is 2.28. The zero-order valence-electron chi connectivity index (χ0n) is 10.1. The lowest BCUT2D eigenvalue weighted by Gasteiger charge is -2.08. The molecule has 19 heavy (non-hydrogen) atoms. The molecule has 3 N–H and O–H groups in total. The standard InChI is InChI=1S/C10H11FN4O2S2/c1-5-3-7(12)4-8(9(5)11)19(16,17)15-10-13-6(2)14-18-10/h3-4H,12H2,1-2H3,(H,13,14,15). The van der Waals surface area contributed by atoms with E-state index >= 15 is 0 Å². The van der Waals surface area contributed by atoms with E-state index in [1.165, 1.54) is 13.0 Å². The van der Waals surface area contributed by atoms with Crippen molar-refractivity contribution in [3.63, 3.8) is 0 Å². The van der Waals surface area contributed by atoms with Crippen LogP contribution in [0, 0.1) is 19.7 Å². The molecule has 6 nitrogen and oxygen atoms in total. The Balaban J connectivity index is 2.45. The average molecular weight is 302 g/mol. The van der Waals surface area contributed by atoms with E-state index in [4.69, 9.17) is 5.73 Å². The average Bonchev–Trinajstić information content (AvgIpc) is 2.68. The SMILES string of the molecule is Cc1nsc(NS(=O)(=O)c2cc(N)cc(C)c2F)n1. The summed E-state index contributed by atoms with van der Waals surface area (Å²) in [6.07, 6.45) is 0. The van der Waals surface area contributed by atoms with Gasteiger partial charge in [-0.25, -0.2) is 17.8 Å². The van der Waals surface area contributed by atoms with E-state index in [1.807, 2.05) is 0 Å². The first kappa shape index (κ1) is 13.7. The zero-order valence-corrected chi connectivity index (χ0v) is 11.8. The summed E-state index contributed by atoms with van der Waals surface area (Å²) in [7, 11) is -4.07. The number of nitrogen functional groups attached to an aromatic ring is 1. The Hall–Kier alpha value is -1.74. The number of nitrogens with one attached hydrogen (secondary N) is 1. The lowest BCUT2D eigenvalue weighted by atomic mass is 10.2. The van der Waals surface area contributed by atoms with E-state index in [0.29, 0.717) is 5.82 Å². The molecule has 0 radical (unpaired) electrons. The van der Waals surface area contributed by atoms with Crippen molar-refractivity contribution in [3.8, 4) is 0 Å². The van der Waals surface area contributed by atoms with Gasteiger partial charge in [-0.1, -0.05) is 0 Å². The van der Waals surface area contributed by atoms with Crippen LogP contribution in [0.2, 0.25) is 0 Å². The maximum absolute atomic E-state index is 13.9. The van der Waals surface area contributed by atoms with Crippen LogP contribution in [0.15, 0.2) is 17.0 Å². The first-order valence-electron chi connectivity index (χ1n) is 5.18. The van der Waals surface area contributed by atoms with Crippen molar-refractivity contribution in [2.24, 2.45) is 0 Å². The molecular weight excluding hydrogens is 291 g/mol. The molecule has 2 rings (SSSR count). The van der Waals surface area contributed by atoms with E-state index in [2.05, 4.69) is 14.1 Å². The molecule has 0 saturated heterocycles. The predicted octanol–water partition coefficient (Wildman–Crippen LogP) is 1.68. The molecule has 0 atom stereocenters. The summed E-state index contributed by atoms with van der Waals surface area (Å²) < 4.78 is 44.0. The third kappa shape index (κ3) is 2.82. The van der Waals surface area contributed by atoms with Gasteiger partial charge in [0.05, 0.1) is 0 Å². The van der Waals surface area contributed by atoms with E-state index in [9.17, 15) is 12.8 Å². The molecule has 0 aliphatic rings. The van der Waals surface area contributed by atoms with E-state index in [1.54, 1.807) is 6.92 Å². The van der Waals surface area contributed by atoms with Gasteiger partial charge in [-0.05, 0) is 31.5 Å². The summed E-state index contributed by atoms with van der Waals surface area (Å²) in [6.45, 7) is 3.07. The quantitative estimate of drug-likeness (QED) is 0.841. The summed E-state index contributed by atoms with van der Waals surface area (Å²) in [4.78, 5) is 3.36. The van der Waals surface area contributed by atoms with Crippen molar-refractivity contribution in [3.05, 3.63) is 29.3 Å². The van der Waals surface area contributed by atoms with Crippen molar-refractivity contribution < 1.29 is 12.8 Å². The smallest absolute Gasteiger partial charge is 0.266 e. The van der Waals surface area contributed by atoms with Crippen molar-refractivity contribution in [1.82, 2.24) is 9.36 Å². The number of halogens is 1. The molecule has 102 valence electrons. The second-order valence-electron chi connectivity index (χ2n) is 3.90. The monoisotopic (exact) mass is 302 g/mol. The van der Waals surface area contributed by atoms with Gasteiger partial charge in [0, 0.05) is 17.2 Å². The van der Waals surface area contributed by atoms with Gasteiger partial charge < -0.3 is 5.73 Å². The molecule has 0 unspecified atom stereocenters. The van der Waals surface area contributed by atoms with Gasteiger partial charge in [-0.3, -0.25) is 4.72 Å². The summed E-state index contributed by atoms with van der Waals surface area (Å²) in [5.74, 6) is -0.394. The van der Waals surface area contributed by atoms with Gasteiger partial charge in [-0.15, -0.1) is 0 Å². The zero-order chi connectivity index (χ0) is 14.2. The maximum Gasteiger partial charge on any atom is 0.266 e. The van der Waals surface area contributed by atoms with Crippen LogP contribution < -0.4 is 10.5 Å². The van der Waals surface area contributed by atoms with E-state index in [-0.39, 0.29) is 16.4 Å². The lowest BCUT2D eigenvalue weighted by molar-refractivity contribution is 0.565. The second-order valence-corrected chi connectivity index (χ2v) is 6.30. The molecule has 9 heteroatoms. The highest BCUT2D eigenvalue weighted by Crippen LogP contribution is 2.24. The van der Waals surface area contributed by atoms with Gasteiger partial charge >= 0.3 is 0 Å². The molecule has 0 spiro atoms. The Morgan fingerprint density at radius 3 is 2.63 bits per heavy atom. The van der Waals surface area contributed by atoms with Gasteiger partial charge in [0.25, 0.3) is 10.0 Å². The van der Waals surface area contributed by atoms with Crippen molar-refractivity contribution in [2.45, 2.75) is 18.7 Å². The van der Waals surface area contributed by atoms with E-state index in [0.717, 1.165) is 17.6 Å². The van der Waals surface area contributed by atoms with Crippen LogP contribution in [-0.2, 0) is 10.0 Å². The lowest BCUT2D eigenvalue weighted by Crippen LogP contribution is -2.15. The number of aromatic nitrogens is 2. The van der Waals surface area contributed by atoms with Gasteiger partial charge in [0.15, 0.2) is 0 Å². The third-order valence-corrected chi connectivity index (χ3v) is 4.47. The number of aryl methyl sites for hydroxylation is 2. The Labute approximate surface area is 113 Å².